The molecule has 0 saturated heterocycles. The molecule has 26 heavy (non-hydrogen) atoms. The van der Waals surface area contributed by atoms with Gasteiger partial charge in [0.1, 0.15) is 11.6 Å². The Morgan fingerprint density at radius 3 is 2.04 bits per heavy atom. The number of pyridine rings is 1. The quantitative estimate of drug-likeness (QED) is 0.597. The van der Waals surface area contributed by atoms with Gasteiger partial charge in [-0.25, -0.2) is 4.98 Å². The lowest BCUT2D eigenvalue weighted by atomic mass is 10.0. The van der Waals surface area contributed by atoms with E-state index in [0.717, 1.165) is 41.4 Å². The van der Waals surface area contributed by atoms with Crippen molar-refractivity contribution in [3.63, 3.8) is 0 Å². The molecule has 0 aliphatic heterocycles. The maximum absolute atomic E-state index is 6.36. The molecule has 1 heterocycles. The molecule has 1 aromatic heterocycles. The highest BCUT2D eigenvalue weighted by Gasteiger charge is 2.19. The SMILES string of the molecule is CCC(CC)Oc1cc(C)nc(Nc2c(C)cc(C)cc2C)c1C(C)C. The van der Waals surface area contributed by atoms with Crippen LogP contribution >= 0.6 is 0 Å². The van der Waals surface area contributed by atoms with Crippen LogP contribution in [0.4, 0.5) is 11.5 Å². The maximum atomic E-state index is 6.36. The Morgan fingerprint density at radius 1 is 0.962 bits per heavy atom. The van der Waals surface area contributed by atoms with Crippen molar-refractivity contribution in [2.75, 3.05) is 5.32 Å². The van der Waals surface area contributed by atoms with Crippen molar-refractivity contribution in [3.8, 4) is 5.75 Å². The van der Waals surface area contributed by atoms with E-state index >= 15 is 0 Å². The van der Waals surface area contributed by atoms with Crippen molar-refractivity contribution in [2.45, 2.75) is 80.3 Å². The summed E-state index contributed by atoms with van der Waals surface area (Å²) >= 11 is 0. The molecule has 0 saturated carbocycles. The number of hydrogen-bond donors (Lipinski definition) is 1. The first-order valence-electron chi connectivity index (χ1n) is 9.79. The molecule has 0 fully saturated rings. The van der Waals surface area contributed by atoms with Gasteiger partial charge in [-0.3, -0.25) is 0 Å². The maximum Gasteiger partial charge on any atom is 0.137 e. The Hall–Kier alpha value is -2.03. The van der Waals surface area contributed by atoms with Crippen LogP contribution in [0.15, 0.2) is 18.2 Å². The van der Waals surface area contributed by atoms with E-state index in [4.69, 9.17) is 9.72 Å². The van der Waals surface area contributed by atoms with Crippen LogP contribution in [-0.4, -0.2) is 11.1 Å². The van der Waals surface area contributed by atoms with Gasteiger partial charge in [0.05, 0.1) is 6.10 Å². The van der Waals surface area contributed by atoms with E-state index in [9.17, 15) is 0 Å². The zero-order valence-electron chi connectivity index (χ0n) is 17.7. The highest BCUT2D eigenvalue weighted by molar-refractivity contribution is 5.69. The standard InChI is InChI=1S/C23H34N2O/c1-9-19(10-2)26-20-13-18(8)24-23(21(20)14(3)4)25-22-16(6)11-15(5)12-17(22)7/h11-14,19H,9-10H2,1-8H3,(H,24,25). The lowest BCUT2D eigenvalue weighted by molar-refractivity contribution is 0.190. The summed E-state index contributed by atoms with van der Waals surface area (Å²) in [6, 6.07) is 6.50. The van der Waals surface area contributed by atoms with E-state index in [1.165, 1.54) is 16.7 Å². The normalized spacial score (nSPS) is 11.3. The fourth-order valence-electron chi connectivity index (χ4n) is 3.53. The van der Waals surface area contributed by atoms with Gasteiger partial charge in [0.2, 0.25) is 0 Å². The Balaban J connectivity index is 2.53. The van der Waals surface area contributed by atoms with Crippen molar-refractivity contribution in [3.05, 3.63) is 46.1 Å². The summed E-state index contributed by atoms with van der Waals surface area (Å²) in [5, 5.41) is 3.62. The molecule has 3 nitrogen and oxygen atoms in total. The first kappa shape index (κ1) is 20.3. The predicted molar refractivity (Wildman–Crippen MR) is 112 cm³/mol. The van der Waals surface area contributed by atoms with Crippen LogP contribution in [-0.2, 0) is 0 Å². The second-order valence-corrected chi connectivity index (χ2v) is 7.63. The Bertz CT molecular complexity index is 738. The van der Waals surface area contributed by atoms with Crippen LogP contribution in [0.25, 0.3) is 0 Å². The zero-order valence-corrected chi connectivity index (χ0v) is 17.7. The predicted octanol–water partition coefficient (Wildman–Crippen LogP) is 6.75. The molecule has 142 valence electrons. The van der Waals surface area contributed by atoms with E-state index in [0.29, 0.717) is 5.92 Å². The fourth-order valence-corrected chi connectivity index (χ4v) is 3.53. The van der Waals surface area contributed by atoms with Crippen molar-refractivity contribution in [2.24, 2.45) is 0 Å². The molecule has 1 aromatic carbocycles. The Morgan fingerprint density at radius 2 is 1.54 bits per heavy atom. The van der Waals surface area contributed by atoms with Gasteiger partial charge in [-0.1, -0.05) is 45.4 Å². The number of anilines is 2. The van der Waals surface area contributed by atoms with E-state index in [-0.39, 0.29) is 6.10 Å². The lowest BCUT2D eigenvalue weighted by Gasteiger charge is -2.24. The van der Waals surface area contributed by atoms with Gasteiger partial charge in [-0.2, -0.15) is 0 Å². The first-order valence-corrected chi connectivity index (χ1v) is 9.79. The van der Waals surface area contributed by atoms with E-state index in [1.807, 2.05) is 6.92 Å². The van der Waals surface area contributed by atoms with Crippen LogP contribution in [0, 0.1) is 27.7 Å². The number of aromatic nitrogens is 1. The minimum Gasteiger partial charge on any atom is -0.490 e. The van der Waals surface area contributed by atoms with Crippen LogP contribution in [0.1, 0.15) is 74.4 Å². The number of nitrogens with zero attached hydrogens (tertiary/aromatic N) is 1. The fraction of sp³-hybridized carbons (Fsp3) is 0.522. The van der Waals surface area contributed by atoms with Crippen molar-refractivity contribution in [1.29, 1.82) is 0 Å². The highest BCUT2D eigenvalue weighted by Crippen LogP contribution is 2.37. The summed E-state index contributed by atoms with van der Waals surface area (Å²) < 4.78 is 6.36. The zero-order chi connectivity index (χ0) is 19.4. The summed E-state index contributed by atoms with van der Waals surface area (Å²) in [4.78, 5) is 4.82. The van der Waals surface area contributed by atoms with Crippen LogP contribution in [0.5, 0.6) is 5.75 Å². The second kappa shape index (κ2) is 8.57. The molecular formula is C23H34N2O. The topological polar surface area (TPSA) is 34.1 Å². The smallest absolute Gasteiger partial charge is 0.137 e. The monoisotopic (exact) mass is 354 g/mol. The van der Waals surface area contributed by atoms with Gasteiger partial charge in [0, 0.05) is 23.0 Å². The molecule has 2 aromatic rings. The molecule has 0 aliphatic carbocycles. The molecule has 1 N–H and O–H groups in total. The first-order chi connectivity index (χ1) is 12.3. The number of aryl methyl sites for hydroxylation is 4. The molecule has 0 aliphatic rings. The van der Waals surface area contributed by atoms with Crippen LogP contribution in [0.3, 0.4) is 0 Å². The van der Waals surface area contributed by atoms with E-state index in [2.05, 4.69) is 72.0 Å². The molecule has 0 amide bonds. The van der Waals surface area contributed by atoms with Gasteiger partial charge in [0.15, 0.2) is 0 Å². The molecule has 0 bridgehead atoms. The lowest BCUT2D eigenvalue weighted by Crippen LogP contribution is -2.16. The highest BCUT2D eigenvalue weighted by atomic mass is 16.5. The third-order valence-corrected chi connectivity index (χ3v) is 4.85. The summed E-state index contributed by atoms with van der Waals surface area (Å²) in [5.74, 6) is 2.20. The summed E-state index contributed by atoms with van der Waals surface area (Å²) in [6.07, 6.45) is 2.26. The third-order valence-electron chi connectivity index (χ3n) is 4.85. The van der Waals surface area contributed by atoms with Gasteiger partial charge in [-0.05, 0) is 57.6 Å². The molecule has 0 unspecified atom stereocenters. The van der Waals surface area contributed by atoms with E-state index < -0.39 is 0 Å². The van der Waals surface area contributed by atoms with Gasteiger partial charge >= 0.3 is 0 Å². The minimum atomic E-state index is 0.241. The summed E-state index contributed by atoms with van der Waals surface area (Å²) in [5.41, 5.74) is 7.03. The van der Waals surface area contributed by atoms with E-state index in [1.54, 1.807) is 0 Å². The molecule has 3 heteroatoms. The van der Waals surface area contributed by atoms with Gasteiger partial charge in [-0.15, -0.1) is 0 Å². The number of hydrogen-bond acceptors (Lipinski definition) is 3. The Kier molecular flexibility index (Phi) is 6.69. The number of ether oxygens (including phenoxy) is 1. The molecular weight excluding hydrogens is 320 g/mol. The summed E-state index contributed by atoms with van der Waals surface area (Å²) in [7, 11) is 0. The molecule has 0 atom stereocenters. The van der Waals surface area contributed by atoms with Crippen LogP contribution < -0.4 is 10.1 Å². The molecule has 0 radical (unpaired) electrons. The largest absolute Gasteiger partial charge is 0.490 e. The molecule has 2 rings (SSSR count). The van der Waals surface area contributed by atoms with Crippen molar-refractivity contribution in [1.82, 2.24) is 4.98 Å². The number of benzene rings is 1. The van der Waals surface area contributed by atoms with Crippen molar-refractivity contribution < 1.29 is 4.74 Å². The van der Waals surface area contributed by atoms with Gasteiger partial charge < -0.3 is 10.1 Å². The average Bonchev–Trinajstić information content (AvgIpc) is 2.55. The third kappa shape index (κ3) is 4.57. The van der Waals surface area contributed by atoms with Crippen molar-refractivity contribution >= 4 is 11.5 Å². The number of nitrogens with one attached hydrogen (secondary N) is 1. The van der Waals surface area contributed by atoms with Gasteiger partial charge in [0.25, 0.3) is 0 Å². The number of rotatable bonds is 7. The second-order valence-electron chi connectivity index (χ2n) is 7.63. The minimum absolute atomic E-state index is 0.241. The molecule has 0 spiro atoms. The van der Waals surface area contributed by atoms with Crippen LogP contribution in [0.2, 0.25) is 0 Å². The summed E-state index contributed by atoms with van der Waals surface area (Å²) in [6.45, 7) is 17.2. The Labute approximate surface area is 159 Å². The average molecular weight is 355 g/mol.